The Morgan fingerprint density at radius 2 is 2.33 bits per heavy atom. The van der Waals surface area contributed by atoms with Crippen LogP contribution in [0.5, 0.6) is 5.75 Å². The zero-order chi connectivity index (χ0) is 10.9. The van der Waals surface area contributed by atoms with Crippen LogP contribution in [0, 0.1) is 0 Å². The van der Waals surface area contributed by atoms with Crippen LogP contribution in [0.2, 0.25) is 0 Å². The van der Waals surface area contributed by atoms with Crippen molar-refractivity contribution in [1.29, 1.82) is 0 Å². The molecule has 0 aromatic heterocycles. The molecule has 0 fully saturated rings. The maximum atomic E-state index is 5.55. The molecule has 0 bridgehead atoms. The molecule has 0 N–H and O–H groups in total. The third kappa shape index (κ3) is 2.23. The first-order valence-electron chi connectivity index (χ1n) is 4.78. The number of aryl methyl sites for hydroxylation is 1. The molecule has 1 aromatic rings. The predicted molar refractivity (Wildman–Crippen MR) is 62.5 cm³/mol. The fourth-order valence-corrected chi connectivity index (χ4v) is 2.79. The molecule has 1 unspecified atom stereocenters. The van der Waals surface area contributed by atoms with E-state index in [1.807, 2.05) is 12.1 Å². The van der Waals surface area contributed by atoms with Crippen molar-refractivity contribution in [3.8, 4) is 5.75 Å². The molecule has 3 nitrogen and oxygen atoms in total. The Kier molecular flexibility index (Phi) is 3.12. The summed E-state index contributed by atoms with van der Waals surface area (Å²) in [6, 6.07) is 6.07. The second-order valence-electron chi connectivity index (χ2n) is 3.29. The number of benzene rings is 1. The van der Waals surface area contributed by atoms with Crippen LogP contribution in [0.15, 0.2) is 18.2 Å². The Labute approximate surface area is 94.6 Å². The molecule has 1 aromatic carbocycles. The highest BCUT2D eigenvalue weighted by molar-refractivity contribution is 8.07. The molecule has 0 amide bonds. The second kappa shape index (κ2) is 4.22. The first kappa shape index (κ1) is 11.1. The topological polar surface area (TPSA) is 27.7 Å². The summed E-state index contributed by atoms with van der Waals surface area (Å²) in [6.45, 7) is 0.0804. The molecule has 1 heterocycles. The van der Waals surface area contributed by atoms with Crippen LogP contribution in [0.1, 0.15) is 18.1 Å². The average molecular weight is 244 g/mol. The number of fused-ring (bicyclic) bond motifs is 1. The van der Waals surface area contributed by atoms with E-state index < -0.39 is 6.72 Å². The largest absolute Gasteiger partial charge is 0.424 e. The Balaban J connectivity index is 2.32. The lowest BCUT2D eigenvalue weighted by molar-refractivity contribution is 0.203. The average Bonchev–Trinajstić information content (AvgIpc) is 2.28. The van der Waals surface area contributed by atoms with Gasteiger partial charge >= 0.3 is 6.72 Å². The molecule has 2 rings (SSSR count). The van der Waals surface area contributed by atoms with E-state index in [0.29, 0.717) is 6.61 Å². The van der Waals surface area contributed by atoms with E-state index in [9.17, 15) is 0 Å². The molecule has 0 radical (unpaired) electrons. The van der Waals surface area contributed by atoms with Crippen molar-refractivity contribution in [3.63, 3.8) is 0 Å². The fourth-order valence-electron chi connectivity index (χ4n) is 1.44. The molecule has 82 valence electrons. The molecule has 5 heteroatoms. The van der Waals surface area contributed by atoms with Crippen LogP contribution >= 0.6 is 6.72 Å². The fraction of sp³-hybridized carbons (Fsp3) is 0.400. The van der Waals surface area contributed by atoms with Gasteiger partial charge in [0, 0.05) is 24.5 Å². The minimum atomic E-state index is -2.52. The molecule has 1 aliphatic heterocycles. The smallest absolute Gasteiger partial charge is 0.380 e. The molecule has 0 aliphatic carbocycles. The standard InChI is InChI=1S/C10H13O3PS/c1-3-8-4-5-10-9(6-8)7-12-14(15,11-2)13-10/h4-6H,3,7H2,1-2H3. The van der Waals surface area contributed by atoms with E-state index in [1.54, 1.807) is 0 Å². The van der Waals surface area contributed by atoms with Crippen molar-refractivity contribution in [2.75, 3.05) is 7.11 Å². The summed E-state index contributed by atoms with van der Waals surface area (Å²) >= 11 is 5.14. The van der Waals surface area contributed by atoms with Gasteiger partial charge in [-0.25, -0.2) is 0 Å². The van der Waals surface area contributed by atoms with Gasteiger partial charge in [-0.2, -0.15) is 0 Å². The van der Waals surface area contributed by atoms with Gasteiger partial charge < -0.3 is 9.05 Å². The van der Waals surface area contributed by atoms with Crippen molar-refractivity contribution < 1.29 is 13.6 Å². The first-order valence-corrected chi connectivity index (χ1v) is 7.34. The van der Waals surface area contributed by atoms with Gasteiger partial charge in [0.1, 0.15) is 5.75 Å². The van der Waals surface area contributed by atoms with Crippen LogP contribution in [0.3, 0.4) is 0 Å². The Hall–Kier alpha value is -0.410. The molecule has 0 saturated heterocycles. The van der Waals surface area contributed by atoms with E-state index >= 15 is 0 Å². The van der Waals surface area contributed by atoms with Crippen molar-refractivity contribution in [3.05, 3.63) is 29.3 Å². The maximum Gasteiger partial charge on any atom is 0.380 e. The number of rotatable bonds is 2. The van der Waals surface area contributed by atoms with Crippen LogP contribution in [-0.2, 0) is 33.9 Å². The van der Waals surface area contributed by atoms with Crippen LogP contribution in [0.4, 0.5) is 0 Å². The zero-order valence-electron chi connectivity index (χ0n) is 8.73. The minimum Gasteiger partial charge on any atom is -0.424 e. The van der Waals surface area contributed by atoms with Gasteiger partial charge in [0.05, 0.1) is 6.61 Å². The maximum absolute atomic E-state index is 5.55. The van der Waals surface area contributed by atoms with Gasteiger partial charge in [-0.05, 0) is 24.1 Å². The highest BCUT2D eigenvalue weighted by Gasteiger charge is 2.27. The highest BCUT2D eigenvalue weighted by atomic mass is 32.5. The SMILES string of the molecule is CCc1ccc2c(c1)COP(=S)(OC)O2. The van der Waals surface area contributed by atoms with Crippen LogP contribution in [0.25, 0.3) is 0 Å². The molecule has 0 spiro atoms. The minimum absolute atomic E-state index is 0.480. The molecular formula is C10H13O3PS. The highest BCUT2D eigenvalue weighted by Crippen LogP contribution is 2.54. The van der Waals surface area contributed by atoms with Gasteiger partial charge in [-0.3, -0.25) is 4.52 Å². The van der Waals surface area contributed by atoms with E-state index in [-0.39, 0.29) is 0 Å². The summed E-state index contributed by atoms with van der Waals surface area (Å²) in [7, 11) is 1.52. The lowest BCUT2D eigenvalue weighted by atomic mass is 10.1. The Morgan fingerprint density at radius 1 is 1.53 bits per heavy atom. The zero-order valence-corrected chi connectivity index (χ0v) is 10.4. The van der Waals surface area contributed by atoms with Crippen molar-refractivity contribution in [2.24, 2.45) is 0 Å². The summed E-state index contributed by atoms with van der Waals surface area (Å²) in [5.41, 5.74) is 2.32. The Bertz CT molecular complexity index is 419. The second-order valence-corrected chi connectivity index (χ2v) is 6.33. The number of hydrogen-bond donors (Lipinski definition) is 0. The summed E-state index contributed by atoms with van der Waals surface area (Å²) in [6.07, 6.45) is 1.01. The summed E-state index contributed by atoms with van der Waals surface area (Å²) in [5.74, 6) is 0.795. The molecular weight excluding hydrogens is 231 g/mol. The molecule has 1 aliphatic rings. The Morgan fingerprint density at radius 3 is 3.00 bits per heavy atom. The van der Waals surface area contributed by atoms with Gasteiger partial charge in [0.25, 0.3) is 0 Å². The van der Waals surface area contributed by atoms with E-state index in [1.165, 1.54) is 12.7 Å². The summed E-state index contributed by atoms with van der Waals surface area (Å²) in [4.78, 5) is 0. The van der Waals surface area contributed by atoms with Gasteiger partial charge in [-0.15, -0.1) is 0 Å². The monoisotopic (exact) mass is 244 g/mol. The van der Waals surface area contributed by atoms with E-state index in [2.05, 4.69) is 13.0 Å². The normalized spacial score (nSPS) is 24.4. The van der Waals surface area contributed by atoms with Gasteiger partial charge in [-0.1, -0.05) is 13.0 Å². The molecule has 0 saturated carbocycles. The van der Waals surface area contributed by atoms with Crippen molar-refractivity contribution >= 4 is 18.5 Å². The van der Waals surface area contributed by atoms with Gasteiger partial charge in [0.2, 0.25) is 0 Å². The quantitative estimate of drug-likeness (QED) is 0.747. The third-order valence-corrected chi connectivity index (χ3v) is 4.64. The molecule has 15 heavy (non-hydrogen) atoms. The summed E-state index contributed by atoms with van der Waals surface area (Å²) < 4.78 is 16.0. The van der Waals surface area contributed by atoms with Crippen LogP contribution < -0.4 is 4.52 Å². The lowest BCUT2D eigenvalue weighted by Gasteiger charge is -2.27. The number of hydrogen-bond acceptors (Lipinski definition) is 4. The van der Waals surface area contributed by atoms with E-state index in [4.69, 9.17) is 25.4 Å². The lowest BCUT2D eigenvalue weighted by Crippen LogP contribution is -2.08. The third-order valence-electron chi connectivity index (χ3n) is 2.35. The van der Waals surface area contributed by atoms with E-state index in [0.717, 1.165) is 17.7 Å². The van der Waals surface area contributed by atoms with Gasteiger partial charge in [0.15, 0.2) is 0 Å². The summed E-state index contributed by atoms with van der Waals surface area (Å²) in [5, 5.41) is 0. The molecule has 1 atom stereocenters. The van der Waals surface area contributed by atoms with Crippen molar-refractivity contribution in [1.82, 2.24) is 0 Å². The van der Waals surface area contributed by atoms with Crippen LogP contribution in [-0.4, -0.2) is 7.11 Å². The predicted octanol–water partition coefficient (Wildman–Crippen LogP) is 3.03. The van der Waals surface area contributed by atoms with Crippen molar-refractivity contribution in [2.45, 2.75) is 20.0 Å². The first-order chi connectivity index (χ1) is 7.17.